The zero-order chi connectivity index (χ0) is 18.3. The van der Waals surface area contributed by atoms with Crippen molar-refractivity contribution in [2.24, 2.45) is 0 Å². The number of nitrogens with zero attached hydrogens (tertiary/aromatic N) is 6. The molecule has 2 N–H and O–H groups in total. The van der Waals surface area contributed by atoms with Gasteiger partial charge in [-0.2, -0.15) is 0 Å². The summed E-state index contributed by atoms with van der Waals surface area (Å²) in [6.07, 6.45) is 8.85. The molecule has 0 aromatic carbocycles. The van der Waals surface area contributed by atoms with Crippen LogP contribution in [0.3, 0.4) is 0 Å². The van der Waals surface area contributed by atoms with E-state index in [0.29, 0.717) is 11.8 Å². The molecule has 27 heavy (non-hydrogen) atoms. The van der Waals surface area contributed by atoms with Gasteiger partial charge in [0.1, 0.15) is 0 Å². The predicted octanol–water partition coefficient (Wildman–Crippen LogP) is 0.658. The van der Waals surface area contributed by atoms with Crippen molar-refractivity contribution >= 4 is 11.6 Å². The molecule has 2 aromatic heterocycles. The molecule has 0 spiro atoms. The van der Waals surface area contributed by atoms with Gasteiger partial charge in [-0.1, -0.05) is 0 Å². The van der Waals surface area contributed by atoms with Crippen molar-refractivity contribution in [1.29, 1.82) is 0 Å². The molecule has 0 radical (unpaired) electrons. The van der Waals surface area contributed by atoms with E-state index >= 15 is 0 Å². The molecule has 2 aliphatic heterocycles. The monoisotopic (exact) mass is 370 g/mol. The Morgan fingerprint density at radius 1 is 0.630 bits per heavy atom. The summed E-state index contributed by atoms with van der Waals surface area (Å²) >= 11 is 0. The van der Waals surface area contributed by atoms with Crippen LogP contribution < -0.4 is 25.2 Å². The second-order valence-electron chi connectivity index (χ2n) is 6.65. The summed E-state index contributed by atoms with van der Waals surface area (Å²) in [6, 6.07) is 0. The number of hydrogen-bond donors (Lipinski definition) is 2. The molecule has 0 amide bonds. The van der Waals surface area contributed by atoms with Crippen molar-refractivity contribution < 1.29 is 4.74 Å². The summed E-state index contributed by atoms with van der Waals surface area (Å²) in [7, 11) is 0. The standard InChI is InChI=1S/C18H26N8O/c1-3-19-9-13-25(11-1)15-17(23-7-5-21-15)27-18-16(22-6-8-24-18)26-12-2-4-20-10-14-26/h5-8,19-20H,1-4,9-14H2. The minimum Gasteiger partial charge on any atom is -0.413 e. The SMILES string of the molecule is c1cnc(N2CCCNCC2)c(Oc2nccnc2N2CCCNCC2)n1. The first-order chi connectivity index (χ1) is 13.4. The normalized spacial score (nSPS) is 18.7. The molecule has 4 rings (SSSR count). The Bertz CT molecular complexity index is 665. The molecular weight excluding hydrogens is 344 g/mol. The van der Waals surface area contributed by atoms with Crippen LogP contribution >= 0.6 is 0 Å². The minimum atomic E-state index is 0.481. The van der Waals surface area contributed by atoms with Crippen LogP contribution in [0.25, 0.3) is 0 Å². The van der Waals surface area contributed by atoms with Gasteiger partial charge in [0.25, 0.3) is 11.8 Å². The Balaban J connectivity index is 1.59. The average Bonchev–Trinajstić information content (AvgIpc) is 3.14. The van der Waals surface area contributed by atoms with Gasteiger partial charge < -0.3 is 25.2 Å². The second-order valence-corrected chi connectivity index (χ2v) is 6.65. The first-order valence-electron chi connectivity index (χ1n) is 9.63. The number of anilines is 2. The highest BCUT2D eigenvalue weighted by molar-refractivity contribution is 5.54. The fourth-order valence-electron chi connectivity index (χ4n) is 3.42. The van der Waals surface area contributed by atoms with Crippen molar-refractivity contribution in [2.75, 3.05) is 62.2 Å². The zero-order valence-corrected chi connectivity index (χ0v) is 15.5. The van der Waals surface area contributed by atoms with E-state index in [9.17, 15) is 0 Å². The highest BCUT2D eigenvalue weighted by Crippen LogP contribution is 2.32. The number of ether oxygens (including phenoxy) is 1. The van der Waals surface area contributed by atoms with E-state index in [4.69, 9.17) is 4.74 Å². The van der Waals surface area contributed by atoms with Crippen LogP contribution in [0.15, 0.2) is 24.8 Å². The molecule has 9 nitrogen and oxygen atoms in total. The Morgan fingerprint density at radius 3 is 1.63 bits per heavy atom. The van der Waals surface area contributed by atoms with E-state index in [-0.39, 0.29) is 0 Å². The minimum absolute atomic E-state index is 0.481. The largest absolute Gasteiger partial charge is 0.413 e. The maximum atomic E-state index is 6.16. The molecule has 9 heteroatoms. The molecule has 144 valence electrons. The molecule has 2 fully saturated rings. The lowest BCUT2D eigenvalue weighted by atomic mass is 10.4. The predicted molar refractivity (Wildman–Crippen MR) is 104 cm³/mol. The van der Waals surface area contributed by atoms with E-state index < -0.39 is 0 Å². The average molecular weight is 370 g/mol. The summed E-state index contributed by atoms with van der Waals surface area (Å²) in [5.41, 5.74) is 0. The molecule has 0 aliphatic carbocycles. The maximum Gasteiger partial charge on any atom is 0.264 e. The number of nitrogens with one attached hydrogen (secondary N) is 2. The van der Waals surface area contributed by atoms with Gasteiger partial charge >= 0.3 is 0 Å². The number of aromatic nitrogens is 4. The van der Waals surface area contributed by atoms with E-state index in [1.807, 2.05) is 0 Å². The van der Waals surface area contributed by atoms with Crippen molar-refractivity contribution in [3.63, 3.8) is 0 Å². The Hall–Kier alpha value is -2.52. The third-order valence-corrected chi connectivity index (χ3v) is 4.77. The van der Waals surface area contributed by atoms with Gasteiger partial charge in [-0.3, -0.25) is 0 Å². The van der Waals surface area contributed by atoms with Gasteiger partial charge in [0, 0.05) is 64.1 Å². The van der Waals surface area contributed by atoms with Crippen LogP contribution in [0.2, 0.25) is 0 Å². The van der Waals surface area contributed by atoms with Crippen LogP contribution in [0, 0.1) is 0 Å². The highest BCUT2D eigenvalue weighted by Gasteiger charge is 2.21. The lowest BCUT2D eigenvalue weighted by Gasteiger charge is -2.24. The van der Waals surface area contributed by atoms with Gasteiger partial charge in [-0.05, 0) is 25.9 Å². The summed E-state index contributed by atoms with van der Waals surface area (Å²) in [5.74, 6) is 2.48. The molecule has 2 aromatic rings. The molecule has 0 unspecified atom stereocenters. The third-order valence-electron chi connectivity index (χ3n) is 4.77. The highest BCUT2D eigenvalue weighted by atomic mass is 16.5. The van der Waals surface area contributed by atoms with Crippen LogP contribution in [0.1, 0.15) is 12.8 Å². The molecule has 2 aliphatic rings. The van der Waals surface area contributed by atoms with Crippen molar-refractivity contribution in [2.45, 2.75) is 12.8 Å². The first kappa shape index (κ1) is 17.9. The topological polar surface area (TPSA) is 91.3 Å². The third kappa shape index (κ3) is 4.42. The van der Waals surface area contributed by atoms with Crippen LogP contribution in [0.4, 0.5) is 11.6 Å². The number of hydrogen-bond acceptors (Lipinski definition) is 9. The van der Waals surface area contributed by atoms with Gasteiger partial charge in [0.2, 0.25) is 0 Å². The number of rotatable bonds is 4. The molecule has 0 bridgehead atoms. The lowest BCUT2D eigenvalue weighted by Crippen LogP contribution is -2.30. The molecule has 4 heterocycles. The first-order valence-corrected chi connectivity index (χ1v) is 9.63. The summed E-state index contributed by atoms with van der Waals surface area (Å²) in [6.45, 7) is 7.48. The maximum absolute atomic E-state index is 6.16. The second kappa shape index (κ2) is 8.92. The van der Waals surface area contributed by atoms with E-state index in [1.54, 1.807) is 24.8 Å². The quantitative estimate of drug-likeness (QED) is 0.805. The van der Waals surface area contributed by atoms with E-state index in [2.05, 4.69) is 40.4 Å². The Morgan fingerprint density at radius 2 is 1.11 bits per heavy atom. The van der Waals surface area contributed by atoms with Crippen molar-refractivity contribution in [3.8, 4) is 11.8 Å². The summed E-state index contributed by atoms with van der Waals surface area (Å²) in [4.78, 5) is 22.4. The fourth-order valence-corrected chi connectivity index (χ4v) is 3.42. The van der Waals surface area contributed by atoms with Crippen LogP contribution in [-0.4, -0.2) is 72.3 Å². The molecular formula is C18H26N8O. The van der Waals surface area contributed by atoms with Gasteiger partial charge in [-0.25, -0.2) is 19.9 Å². The van der Waals surface area contributed by atoms with Gasteiger partial charge in [0.15, 0.2) is 11.6 Å². The van der Waals surface area contributed by atoms with Gasteiger partial charge in [0.05, 0.1) is 0 Å². The van der Waals surface area contributed by atoms with Crippen molar-refractivity contribution in [1.82, 2.24) is 30.6 Å². The summed E-state index contributed by atoms with van der Waals surface area (Å²) < 4.78 is 6.16. The van der Waals surface area contributed by atoms with Gasteiger partial charge in [-0.15, -0.1) is 0 Å². The Labute approximate surface area is 159 Å². The van der Waals surface area contributed by atoms with Crippen molar-refractivity contribution in [3.05, 3.63) is 24.8 Å². The Kier molecular flexibility index (Phi) is 5.90. The molecule has 0 atom stereocenters. The van der Waals surface area contributed by atoms with E-state index in [0.717, 1.165) is 76.8 Å². The fraction of sp³-hybridized carbons (Fsp3) is 0.556. The molecule has 0 saturated carbocycles. The smallest absolute Gasteiger partial charge is 0.264 e. The molecule has 2 saturated heterocycles. The summed E-state index contributed by atoms with van der Waals surface area (Å²) in [5, 5.41) is 6.82. The van der Waals surface area contributed by atoms with E-state index in [1.165, 1.54) is 0 Å². The lowest BCUT2D eigenvalue weighted by molar-refractivity contribution is 0.438. The zero-order valence-electron chi connectivity index (χ0n) is 15.5. The van der Waals surface area contributed by atoms with Crippen LogP contribution in [0.5, 0.6) is 11.8 Å². The van der Waals surface area contributed by atoms with Crippen LogP contribution in [-0.2, 0) is 0 Å².